The summed E-state index contributed by atoms with van der Waals surface area (Å²) in [7, 11) is 0. The zero-order valence-corrected chi connectivity index (χ0v) is 11.6. The van der Waals surface area contributed by atoms with Gasteiger partial charge in [0.25, 0.3) is 0 Å². The predicted molar refractivity (Wildman–Crippen MR) is 71.7 cm³/mol. The van der Waals surface area contributed by atoms with E-state index in [0.29, 0.717) is 11.5 Å². The van der Waals surface area contributed by atoms with Gasteiger partial charge in [-0.05, 0) is 18.8 Å². The molecule has 2 unspecified atom stereocenters. The van der Waals surface area contributed by atoms with Crippen molar-refractivity contribution in [1.82, 2.24) is 10.2 Å². The Morgan fingerprint density at radius 2 is 2.12 bits per heavy atom. The van der Waals surface area contributed by atoms with Gasteiger partial charge in [0.15, 0.2) is 0 Å². The van der Waals surface area contributed by atoms with Gasteiger partial charge in [-0.25, -0.2) is 0 Å². The van der Waals surface area contributed by atoms with Crippen molar-refractivity contribution in [2.45, 2.75) is 52.6 Å². The van der Waals surface area contributed by atoms with Gasteiger partial charge in [0.05, 0.1) is 0 Å². The summed E-state index contributed by atoms with van der Waals surface area (Å²) >= 11 is 0. The zero-order valence-electron chi connectivity index (χ0n) is 11.6. The minimum Gasteiger partial charge on any atom is -0.310 e. The number of nitrogens with zero attached hydrogens (tertiary/aromatic N) is 1. The van der Waals surface area contributed by atoms with Gasteiger partial charge in [-0.15, -0.1) is 6.58 Å². The Kier molecular flexibility index (Phi) is 4.19. The Balaban J connectivity index is 2.76. The molecule has 0 amide bonds. The molecule has 1 rings (SSSR count). The summed E-state index contributed by atoms with van der Waals surface area (Å²) in [6, 6.07) is 0.576. The molecule has 1 aliphatic heterocycles. The molecule has 94 valence electrons. The second-order valence-electron chi connectivity index (χ2n) is 6.34. The van der Waals surface area contributed by atoms with Gasteiger partial charge in [0, 0.05) is 31.2 Å². The average molecular weight is 224 g/mol. The van der Waals surface area contributed by atoms with E-state index >= 15 is 0 Å². The van der Waals surface area contributed by atoms with Crippen LogP contribution in [0.15, 0.2) is 12.7 Å². The SMILES string of the molecule is C=CCN1CC(C(C)(C)C)NCC1(C)CC. The maximum atomic E-state index is 3.88. The average Bonchev–Trinajstić information content (AvgIpc) is 2.20. The molecule has 1 aliphatic rings. The fourth-order valence-corrected chi connectivity index (χ4v) is 2.34. The third-order valence-electron chi connectivity index (χ3n) is 4.05. The van der Waals surface area contributed by atoms with E-state index in [9.17, 15) is 0 Å². The number of rotatable bonds is 3. The van der Waals surface area contributed by atoms with Gasteiger partial charge >= 0.3 is 0 Å². The first-order chi connectivity index (χ1) is 7.33. The van der Waals surface area contributed by atoms with Crippen molar-refractivity contribution >= 4 is 0 Å². The predicted octanol–water partition coefficient (Wildman–Crippen LogP) is 2.66. The van der Waals surface area contributed by atoms with Crippen LogP contribution in [0.3, 0.4) is 0 Å². The summed E-state index contributed by atoms with van der Waals surface area (Å²) in [6.45, 7) is 18.6. The zero-order chi connectivity index (χ0) is 12.4. The minimum atomic E-state index is 0.288. The third kappa shape index (κ3) is 2.86. The Labute approximate surface area is 101 Å². The topological polar surface area (TPSA) is 15.3 Å². The molecule has 0 aromatic heterocycles. The number of nitrogens with one attached hydrogen (secondary N) is 1. The van der Waals surface area contributed by atoms with Crippen molar-refractivity contribution in [3.05, 3.63) is 12.7 Å². The molecule has 0 aliphatic carbocycles. The van der Waals surface area contributed by atoms with Crippen molar-refractivity contribution in [1.29, 1.82) is 0 Å². The van der Waals surface area contributed by atoms with Gasteiger partial charge in [-0.3, -0.25) is 4.90 Å². The summed E-state index contributed by atoms with van der Waals surface area (Å²) in [6.07, 6.45) is 3.21. The highest BCUT2D eigenvalue weighted by Crippen LogP contribution is 2.29. The standard InChI is InChI=1S/C14H28N2/c1-7-9-16-10-12(13(3,4)5)15-11-14(16,6)8-2/h7,12,15H,1,8-11H2,2-6H3. The highest BCUT2D eigenvalue weighted by Gasteiger charge is 2.39. The van der Waals surface area contributed by atoms with E-state index in [1.54, 1.807) is 0 Å². The lowest BCUT2D eigenvalue weighted by atomic mass is 9.81. The summed E-state index contributed by atoms with van der Waals surface area (Å²) in [4.78, 5) is 2.58. The smallest absolute Gasteiger partial charge is 0.0307 e. The highest BCUT2D eigenvalue weighted by atomic mass is 15.3. The first-order valence-corrected chi connectivity index (χ1v) is 6.43. The Morgan fingerprint density at radius 3 is 2.56 bits per heavy atom. The van der Waals surface area contributed by atoms with Crippen LogP contribution in [-0.2, 0) is 0 Å². The molecule has 2 atom stereocenters. The van der Waals surface area contributed by atoms with Gasteiger partial charge in [-0.1, -0.05) is 33.8 Å². The lowest BCUT2D eigenvalue weighted by Gasteiger charge is -2.50. The number of piperazine rings is 1. The molecule has 0 aromatic rings. The first kappa shape index (κ1) is 13.7. The van der Waals surface area contributed by atoms with Crippen molar-refractivity contribution in [2.75, 3.05) is 19.6 Å². The lowest BCUT2D eigenvalue weighted by molar-refractivity contribution is 0.0316. The number of hydrogen-bond donors (Lipinski definition) is 1. The van der Waals surface area contributed by atoms with Crippen molar-refractivity contribution < 1.29 is 0 Å². The maximum absolute atomic E-state index is 3.88. The van der Waals surface area contributed by atoms with Crippen LogP contribution in [-0.4, -0.2) is 36.1 Å². The molecule has 1 saturated heterocycles. The highest BCUT2D eigenvalue weighted by molar-refractivity contribution is 4.99. The molecule has 1 N–H and O–H groups in total. The second kappa shape index (κ2) is 4.89. The van der Waals surface area contributed by atoms with E-state index in [4.69, 9.17) is 0 Å². The largest absolute Gasteiger partial charge is 0.310 e. The van der Waals surface area contributed by atoms with E-state index in [1.165, 1.54) is 6.42 Å². The first-order valence-electron chi connectivity index (χ1n) is 6.43. The molecule has 16 heavy (non-hydrogen) atoms. The van der Waals surface area contributed by atoms with Crippen LogP contribution in [0.25, 0.3) is 0 Å². The molecule has 2 nitrogen and oxygen atoms in total. The maximum Gasteiger partial charge on any atom is 0.0307 e. The van der Waals surface area contributed by atoms with E-state index in [0.717, 1.165) is 19.6 Å². The van der Waals surface area contributed by atoms with Crippen LogP contribution in [0.4, 0.5) is 0 Å². The summed E-state index contributed by atoms with van der Waals surface area (Å²) in [5.41, 5.74) is 0.616. The van der Waals surface area contributed by atoms with Gasteiger partial charge in [0.2, 0.25) is 0 Å². The van der Waals surface area contributed by atoms with Gasteiger partial charge in [-0.2, -0.15) is 0 Å². The van der Waals surface area contributed by atoms with Crippen LogP contribution < -0.4 is 5.32 Å². The quantitative estimate of drug-likeness (QED) is 0.741. The van der Waals surface area contributed by atoms with E-state index in [1.807, 2.05) is 6.08 Å². The van der Waals surface area contributed by atoms with E-state index in [2.05, 4.69) is 51.4 Å². The van der Waals surface area contributed by atoms with Crippen LogP contribution >= 0.6 is 0 Å². The molecule has 2 heteroatoms. The monoisotopic (exact) mass is 224 g/mol. The normalized spacial score (nSPS) is 32.7. The molecule has 0 bridgehead atoms. The van der Waals surface area contributed by atoms with Gasteiger partial charge < -0.3 is 5.32 Å². The Morgan fingerprint density at radius 1 is 1.50 bits per heavy atom. The van der Waals surface area contributed by atoms with Crippen molar-refractivity contribution in [3.63, 3.8) is 0 Å². The molecule has 0 saturated carbocycles. The summed E-state index contributed by atoms with van der Waals surface area (Å²) in [5, 5.41) is 3.71. The molecule has 0 radical (unpaired) electrons. The van der Waals surface area contributed by atoms with Crippen LogP contribution in [0.1, 0.15) is 41.0 Å². The minimum absolute atomic E-state index is 0.288. The van der Waals surface area contributed by atoms with Crippen LogP contribution in [0.2, 0.25) is 0 Å². The summed E-state index contributed by atoms with van der Waals surface area (Å²) in [5.74, 6) is 0. The lowest BCUT2D eigenvalue weighted by Crippen LogP contribution is -2.65. The van der Waals surface area contributed by atoms with Crippen LogP contribution in [0.5, 0.6) is 0 Å². The van der Waals surface area contributed by atoms with Crippen molar-refractivity contribution in [3.8, 4) is 0 Å². The fraction of sp³-hybridized carbons (Fsp3) is 0.857. The molecule has 1 heterocycles. The van der Waals surface area contributed by atoms with Crippen LogP contribution in [0, 0.1) is 5.41 Å². The number of hydrogen-bond acceptors (Lipinski definition) is 2. The fourth-order valence-electron chi connectivity index (χ4n) is 2.34. The summed E-state index contributed by atoms with van der Waals surface area (Å²) < 4.78 is 0. The van der Waals surface area contributed by atoms with Gasteiger partial charge in [0.1, 0.15) is 0 Å². The molecular weight excluding hydrogens is 196 g/mol. The molecule has 0 spiro atoms. The van der Waals surface area contributed by atoms with Crippen molar-refractivity contribution in [2.24, 2.45) is 5.41 Å². The molecule has 0 aromatic carbocycles. The third-order valence-corrected chi connectivity index (χ3v) is 4.05. The molecule has 1 fully saturated rings. The Hall–Kier alpha value is -0.340. The molecular formula is C14H28N2. The van der Waals surface area contributed by atoms with E-state index < -0.39 is 0 Å². The Bertz CT molecular complexity index is 242. The second-order valence-corrected chi connectivity index (χ2v) is 6.34. The van der Waals surface area contributed by atoms with E-state index in [-0.39, 0.29) is 5.54 Å².